The highest BCUT2D eigenvalue weighted by Crippen LogP contribution is 2.47. The van der Waals surface area contributed by atoms with E-state index < -0.39 is 23.3 Å². The number of aliphatic hydroxyl groups is 1. The van der Waals surface area contributed by atoms with E-state index in [9.17, 15) is 9.90 Å². The van der Waals surface area contributed by atoms with Crippen LogP contribution >= 0.6 is 0 Å². The van der Waals surface area contributed by atoms with Gasteiger partial charge in [0.05, 0.1) is 12.1 Å². The number of likely N-dealkylation sites (tertiary alicyclic amines) is 1. The van der Waals surface area contributed by atoms with Crippen molar-refractivity contribution in [3.05, 3.63) is 108 Å². The number of amides is 1. The molecule has 4 rings (SSSR count). The van der Waals surface area contributed by atoms with Gasteiger partial charge in [0.15, 0.2) is 0 Å². The van der Waals surface area contributed by atoms with Gasteiger partial charge in [-0.2, -0.15) is 0 Å². The second-order valence-electron chi connectivity index (χ2n) is 9.41. The Balaban J connectivity index is 1.84. The molecule has 0 radical (unpaired) electrons. The molecule has 1 saturated heterocycles. The molecule has 0 aliphatic carbocycles. The highest BCUT2D eigenvalue weighted by atomic mass is 16.6. The van der Waals surface area contributed by atoms with Crippen LogP contribution in [0.2, 0.25) is 0 Å². The van der Waals surface area contributed by atoms with Gasteiger partial charge in [0, 0.05) is 0 Å². The largest absolute Gasteiger partial charge is 0.444 e. The normalized spacial score (nSPS) is 19.1. The Labute approximate surface area is 190 Å². The zero-order valence-corrected chi connectivity index (χ0v) is 18.9. The molecule has 1 heterocycles. The molecular weight excluding hydrogens is 398 g/mol. The summed E-state index contributed by atoms with van der Waals surface area (Å²) in [6.45, 7) is 5.61. The van der Waals surface area contributed by atoms with Gasteiger partial charge in [-0.15, -0.1) is 0 Å². The van der Waals surface area contributed by atoms with Crippen LogP contribution in [-0.4, -0.2) is 27.7 Å². The van der Waals surface area contributed by atoms with Crippen LogP contribution in [0.5, 0.6) is 0 Å². The Morgan fingerprint density at radius 3 is 1.75 bits per heavy atom. The molecule has 166 valence electrons. The SMILES string of the molecule is CC(C)(C)OC(=O)N1C(c2ccccc2)CC[C@H]1C(O)(c1ccccc1)c1ccccc1. The Morgan fingerprint density at radius 2 is 1.28 bits per heavy atom. The van der Waals surface area contributed by atoms with Crippen LogP contribution in [0.25, 0.3) is 0 Å². The van der Waals surface area contributed by atoms with Crippen molar-refractivity contribution in [1.29, 1.82) is 0 Å². The van der Waals surface area contributed by atoms with Crippen molar-refractivity contribution >= 4 is 6.09 Å². The molecule has 1 amide bonds. The minimum absolute atomic E-state index is 0.171. The van der Waals surface area contributed by atoms with Gasteiger partial charge in [0.25, 0.3) is 0 Å². The van der Waals surface area contributed by atoms with E-state index in [0.717, 1.165) is 23.1 Å². The molecule has 1 aliphatic heterocycles. The monoisotopic (exact) mass is 429 g/mol. The second kappa shape index (κ2) is 8.79. The first-order valence-corrected chi connectivity index (χ1v) is 11.2. The van der Waals surface area contributed by atoms with E-state index in [1.807, 2.05) is 112 Å². The summed E-state index contributed by atoms with van der Waals surface area (Å²) in [5, 5.41) is 12.4. The van der Waals surface area contributed by atoms with Gasteiger partial charge in [-0.3, -0.25) is 4.90 Å². The lowest BCUT2D eigenvalue weighted by Crippen LogP contribution is -2.52. The van der Waals surface area contributed by atoms with E-state index in [4.69, 9.17) is 4.74 Å². The molecule has 3 aromatic carbocycles. The molecule has 1 unspecified atom stereocenters. The van der Waals surface area contributed by atoms with Crippen molar-refractivity contribution in [3.63, 3.8) is 0 Å². The lowest BCUT2D eigenvalue weighted by atomic mass is 9.79. The Kier molecular flexibility index (Phi) is 6.07. The average Bonchev–Trinajstić information content (AvgIpc) is 3.25. The van der Waals surface area contributed by atoms with Gasteiger partial charge in [-0.05, 0) is 50.3 Å². The Morgan fingerprint density at radius 1 is 0.812 bits per heavy atom. The zero-order valence-electron chi connectivity index (χ0n) is 18.9. The van der Waals surface area contributed by atoms with Crippen LogP contribution < -0.4 is 0 Å². The molecule has 1 N–H and O–H groups in total. The Bertz CT molecular complexity index is 989. The van der Waals surface area contributed by atoms with Crippen molar-refractivity contribution in [2.24, 2.45) is 0 Å². The smallest absolute Gasteiger partial charge is 0.411 e. The quantitative estimate of drug-likeness (QED) is 0.548. The summed E-state index contributed by atoms with van der Waals surface area (Å²) in [4.78, 5) is 15.3. The minimum Gasteiger partial charge on any atom is -0.444 e. The third-order valence-corrected chi connectivity index (χ3v) is 6.08. The van der Waals surface area contributed by atoms with Gasteiger partial charge in [0.2, 0.25) is 0 Å². The van der Waals surface area contributed by atoms with Crippen LogP contribution in [0, 0.1) is 0 Å². The molecule has 0 saturated carbocycles. The third kappa shape index (κ3) is 4.28. The number of carbonyl (C=O) groups excluding carboxylic acids is 1. The molecule has 1 aliphatic rings. The fraction of sp³-hybridized carbons (Fsp3) is 0.321. The maximum Gasteiger partial charge on any atom is 0.411 e. The van der Waals surface area contributed by atoms with Crippen LogP contribution in [0.1, 0.15) is 56.3 Å². The van der Waals surface area contributed by atoms with E-state index in [-0.39, 0.29) is 6.04 Å². The zero-order chi connectivity index (χ0) is 22.8. The molecule has 0 spiro atoms. The van der Waals surface area contributed by atoms with Crippen molar-refractivity contribution in [2.45, 2.75) is 56.9 Å². The summed E-state index contributed by atoms with van der Waals surface area (Å²) in [5.41, 5.74) is 0.563. The van der Waals surface area contributed by atoms with Gasteiger partial charge < -0.3 is 9.84 Å². The number of nitrogens with zero attached hydrogens (tertiary/aromatic N) is 1. The van der Waals surface area contributed by atoms with E-state index in [2.05, 4.69) is 0 Å². The fourth-order valence-corrected chi connectivity index (χ4v) is 4.73. The van der Waals surface area contributed by atoms with E-state index in [0.29, 0.717) is 6.42 Å². The molecule has 0 bridgehead atoms. The molecule has 32 heavy (non-hydrogen) atoms. The molecule has 3 aromatic rings. The predicted octanol–water partition coefficient (Wildman–Crippen LogP) is 6.06. The summed E-state index contributed by atoms with van der Waals surface area (Å²) < 4.78 is 5.85. The molecule has 4 heteroatoms. The highest BCUT2D eigenvalue weighted by Gasteiger charge is 2.51. The lowest BCUT2D eigenvalue weighted by Gasteiger charge is -2.42. The molecule has 2 atom stereocenters. The summed E-state index contributed by atoms with van der Waals surface area (Å²) >= 11 is 0. The number of rotatable bonds is 4. The predicted molar refractivity (Wildman–Crippen MR) is 126 cm³/mol. The van der Waals surface area contributed by atoms with Gasteiger partial charge in [-0.1, -0.05) is 91.0 Å². The lowest BCUT2D eigenvalue weighted by molar-refractivity contribution is -0.0340. The second-order valence-corrected chi connectivity index (χ2v) is 9.41. The van der Waals surface area contributed by atoms with E-state index in [1.54, 1.807) is 4.90 Å². The minimum atomic E-state index is -1.37. The van der Waals surface area contributed by atoms with Crippen LogP contribution in [0.4, 0.5) is 4.79 Å². The summed E-state index contributed by atoms with van der Waals surface area (Å²) in [6.07, 6.45) is 0.994. The summed E-state index contributed by atoms with van der Waals surface area (Å²) in [7, 11) is 0. The van der Waals surface area contributed by atoms with Crippen molar-refractivity contribution in [3.8, 4) is 0 Å². The highest BCUT2D eigenvalue weighted by molar-refractivity contribution is 5.70. The van der Waals surface area contributed by atoms with Crippen LogP contribution in [-0.2, 0) is 10.3 Å². The molecular formula is C28H31NO3. The number of carbonyl (C=O) groups is 1. The first kappa shape index (κ1) is 22.1. The molecule has 1 fully saturated rings. The van der Waals surface area contributed by atoms with Crippen LogP contribution in [0.15, 0.2) is 91.0 Å². The maximum atomic E-state index is 13.6. The van der Waals surface area contributed by atoms with E-state index >= 15 is 0 Å². The number of benzene rings is 3. The van der Waals surface area contributed by atoms with E-state index in [1.165, 1.54) is 0 Å². The van der Waals surface area contributed by atoms with Crippen molar-refractivity contribution in [1.82, 2.24) is 4.90 Å². The average molecular weight is 430 g/mol. The van der Waals surface area contributed by atoms with Gasteiger partial charge in [-0.25, -0.2) is 4.79 Å². The van der Waals surface area contributed by atoms with Crippen LogP contribution in [0.3, 0.4) is 0 Å². The van der Waals surface area contributed by atoms with Gasteiger partial charge in [0.1, 0.15) is 11.2 Å². The molecule has 4 nitrogen and oxygen atoms in total. The first-order chi connectivity index (χ1) is 15.3. The topological polar surface area (TPSA) is 49.8 Å². The van der Waals surface area contributed by atoms with Gasteiger partial charge >= 0.3 is 6.09 Å². The maximum absolute atomic E-state index is 13.6. The number of hydrogen-bond donors (Lipinski definition) is 1. The third-order valence-electron chi connectivity index (χ3n) is 6.08. The standard InChI is InChI=1S/C28H31NO3/c1-27(2,3)32-26(30)29-24(21-13-7-4-8-14-21)19-20-25(29)28(31,22-15-9-5-10-16-22)23-17-11-6-12-18-23/h4-18,24-25,31H,19-20H2,1-3H3/t24?,25-/m0/s1. The molecule has 0 aromatic heterocycles. The number of ether oxygens (including phenoxy) is 1. The summed E-state index contributed by atoms with van der Waals surface area (Å²) in [6, 6.07) is 28.6. The van der Waals surface area contributed by atoms with Crippen molar-refractivity contribution < 1.29 is 14.6 Å². The first-order valence-electron chi connectivity index (χ1n) is 11.2. The Hall–Kier alpha value is -3.11. The fourth-order valence-electron chi connectivity index (χ4n) is 4.73. The number of hydrogen-bond acceptors (Lipinski definition) is 3. The van der Waals surface area contributed by atoms with Crippen molar-refractivity contribution in [2.75, 3.05) is 0 Å². The summed E-state index contributed by atoms with van der Waals surface area (Å²) in [5.74, 6) is 0.